The van der Waals surface area contributed by atoms with Gasteiger partial charge in [0.15, 0.2) is 0 Å². The van der Waals surface area contributed by atoms with Gasteiger partial charge in [0.1, 0.15) is 11.6 Å². The van der Waals surface area contributed by atoms with Crippen LogP contribution in [0.5, 0.6) is 0 Å². The molecule has 7 heteroatoms. The van der Waals surface area contributed by atoms with Gasteiger partial charge in [-0.15, -0.1) is 0 Å². The van der Waals surface area contributed by atoms with E-state index in [1.54, 1.807) is 0 Å². The lowest BCUT2D eigenvalue weighted by atomic mass is 10.1. The largest absolute Gasteiger partial charge is 0.465 e. The molecule has 3 N–H and O–H groups in total. The third kappa shape index (κ3) is 3.22. The van der Waals surface area contributed by atoms with Crippen molar-refractivity contribution in [1.29, 1.82) is 0 Å². The first-order valence-corrected chi connectivity index (χ1v) is 6.19. The Labute approximate surface area is 124 Å². The molecule has 0 unspecified atom stereocenters. The maximum Gasteiger partial charge on any atom is 0.340 e. The molecule has 2 rings (SSSR count). The van der Waals surface area contributed by atoms with E-state index in [-0.39, 0.29) is 27.6 Å². The molecule has 0 heterocycles. The summed E-state index contributed by atoms with van der Waals surface area (Å²) in [5, 5.41) is 2.76. The Kier molecular flexibility index (Phi) is 4.28. The minimum Gasteiger partial charge on any atom is -0.465 e. The molecule has 0 spiro atoms. The molecule has 4 nitrogen and oxygen atoms in total. The van der Waals surface area contributed by atoms with E-state index >= 15 is 0 Å². The first-order chi connectivity index (χ1) is 9.92. The highest BCUT2D eigenvalue weighted by Crippen LogP contribution is 2.28. The number of rotatable bonds is 3. The SMILES string of the molecule is COC(=O)c1cc(Nc2ccc(Cl)cc2F)c(F)cc1N. The molecule has 0 radical (unpaired) electrons. The third-order valence-electron chi connectivity index (χ3n) is 2.74. The lowest BCUT2D eigenvalue weighted by molar-refractivity contribution is 0.0602. The van der Waals surface area contributed by atoms with Gasteiger partial charge >= 0.3 is 5.97 Å². The summed E-state index contributed by atoms with van der Waals surface area (Å²) in [4.78, 5) is 11.5. The van der Waals surface area contributed by atoms with Gasteiger partial charge < -0.3 is 15.8 Å². The summed E-state index contributed by atoms with van der Waals surface area (Å²) in [5.74, 6) is -2.10. The van der Waals surface area contributed by atoms with Crippen LogP contribution in [0.3, 0.4) is 0 Å². The molecule has 0 bridgehead atoms. The van der Waals surface area contributed by atoms with E-state index < -0.39 is 17.6 Å². The van der Waals surface area contributed by atoms with E-state index in [4.69, 9.17) is 17.3 Å². The van der Waals surface area contributed by atoms with E-state index in [1.807, 2.05) is 0 Å². The molecular formula is C14H11ClF2N2O2. The van der Waals surface area contributed by atoms with Crippen molar-refractivity contribution in [3.8, 4) is 0 Å². The van der Waals surface area contributed by atoms with Crippen molar-refractivity contribution < 1.29 is 18.3 Å². The smallest absolute Gasteiger partial charge is 0.340 e. The number of hydrogen-bond acceptors (Lipinski definition) is 4. The van der Waals surface area contributed by atoms with Crippen LogP contribution < -0.4 is 11.1 Å². The number of nitrogens with two attached hydrogens (primary N) is 1. The second-order valence-electron chi connectivity index (χ2n) is 4.16. The van der Waals surface area contributed by atoms with E-state index in [9.17, 15) is 13.6 Å². The topological polar surface area (TPSA) is 64.3 Å². The van der Waals surface area contributed by atoms with E-state index in [1.165, 1.54) is 19.2 Å². The lowest BCUT2D eigenvalue weighted by Crippen LogP contribution is -2.08. The first kappa shape index (κ1) is 15.1. The van der Waals surface area contributed by atoms with Gasteiger partial charge in [0, 0.05) is 10.7 Å². The molecule has 21 heavy (non-hydrogen) atoms. The summed E-state index contributed by atoms with van der Waals surface area (Å²) < 4.78 is 32.1. The van der Waals surface area contributed by atoms with Crippen LogP contribution in [0.15, 0.2) is 30.3 Å². The monoisotopic (exact) mass is 312 g/mol. The van der Waals surface area contributed by atoms with Crippen LogP contribution in [0, 0.1) is 11.6 Å². The van der Waals surface area contributed by atoms with E-state index in [0.29, 0.717) is 0 Å². The molecule has 0 atom stereocenters. The Hall–Kier alpha value is -2.34. The van der Waals surface area contributed by atoms with Crippen LogP contribution in [0.4, 0.5) is 25.8 Å². The third-order valence-corrected chi connectivity index (χ3v) is 2.98. The number of anilines is 3. The maximum atomic E-state index is 13.9. The van der Waals surface area contributed by atoms with Gasteiger partial charge in [0.2, 0.25) is 0 Å². The quantitative estimate of drug-likeness (QED) is 0.669. The van der Waals surface area contributed by atoms with Crippen LogP contribution in [-0.4, -0.2) is 13.1 Å². The van der Waals surface area contributed by atoms with E-state index in [2.05, 4.69) is 10.1 Å². The van der Waals surface area contributed by atoms with Gasteiger partial charge in [-0.2, -0.15) is 0 Å². The summed E-state index contributed by atoms with van der Waals surface area (Å²) in [6, 6.07) is 6.00. The average Bonchev–Trinajstić information content (AvgIpc) is 2.43. The van der Waals surface area contributed by atoms with Crippen LogP contribution in [-0.2, 0) is 4.74 Å². The highest BCUT2D eigenvalue weighted by molar-refractivity contribution is 6.30. The number of hydrogen-bond donors (Lipinski definition) is 2. The fourth-order valence-electron chi connectivity index (χ4n) is 1.71. The number of esters is 1. The molecule has 2 aromatic rings. The molecule has 2 aromatic carbocycles. The first-order valence-electron chi connectivity index (χ1n) is 5.81. The van der Waals surface area contributed by atoms with Gasteiger partial charge in [-0.1, -0.05) is 11.6 Å². The van der Waals surface area contributed by atoms with Crippen molar-refractivity contribution in [2.45, 2.75) is 0 Å². The summed E-state index contributed by atoms with van der Waals surface area (Å²) in [6.45, 7) is 0. The zero-order valence-corrected chi connectivity index (χ0v) is 11.7. The van der Waals surface area contributed by atoms with Crippen LogP contribution in [0.1, 0.15) is 10.4 Å². The summed E-state index contributed by atoms with van der Waals surface area (Å²) in [7, 11) is 1.18. The predicted molar refractivity (Wildman–Crippen MR) is 76.8 cm³/mol. The molecule has 0 fully saturated rings. The summed E-state index contributed by atoms with van der Waals surface area (Å²) in [5.41, 5.74) is 5.37. The predicted octanol–water partition coefficient (Wildman–Crippen LogP) is 3.73. The Morgan fingerprint density at radius 1 is 1.19 bits per heavy atom. The average molecular weight is 313 g/mol. The van der Waals surface area contributed by atoms with E-state index in [0.717, 1.165) is 18.2 Å². The Morgan fingerprint density at radius 2 is 1.86 bits per heavy atom. The van der Waals surface area contributed by atoms with Crippen LogP contribution >= 0.6 is 11.6 Å². The van der Waals surface area contributed by atoms with Crippen molar-refractivity contribution in [2.24, 2.45) is 0 Å². The standard InChI is InChI=1S/C14H11ClF2N2O2/c1-21-14(20)8-5-13(10(17)6-11(8)18)19-12-3-2-7(15)4-9(12)16/h2-6,19H,18H2,1H3. The molecule has 0 saturated heterocycles. The number of halogens is 3. The fourth-order valence-corrected chi connectivity index (χ4v) is 1.87. The number of nitrogen functional groups attached to an aromatic ring is 1. The molecule has 0 amide bonds. The van der Waals surface area contributed by atoms with Crippen molar-refractivity contribution in [2.75, 3.05) is 18.2 Å². The van der Waals surface area contributed by atoms with Crippen molar-refractivity contribution in [3.63, 3.8) is 0 Å². The van der Waals surface area contributed by atoms with Crippen molar-refractivity contribution >= 4 is 34.6 Å². The Balaban J connectivity index is 2.42. The van der Waals surface area contributed by atoms with Gasteiger partial charge in [-0.3, -0.25) is 0 Å². The van der Waals surface area contributed by atoms with Gasteiger partial charge in [0.05, 0.1) is 24.0 Å². The Bertz CT molecular complexity index is 708. The molecular weight excluding hydrogens is 302 g/mol. The second kappa shape index (κ2) is 5.97. The fraction of sp³-hybridized carbons (Fsp3) is 0.0714. The number of carbonyl (C=O) groups excluding carboxylic acids is 1. The zero-order chi connectivity index (χ0) is 15.6. The number of methoxy groups -OCH3 is 1. The molecule has 0 aromatic heterocycles. The molecule has 0 aliphatic rings. The molecule has 0 saturated carbocycles. The minimum atomic E-state index is -0.727. The maximum absolute atomic E-state index is 13.9. The van der Waals surface area contributed by atoms with Gasteiger partial charge in [-0.25, -0.2) is 13.6 Å². The van der Waals surface area contributed by atoms with Gasteiger partial charge in [0.25, 0.3) is 0 Å². The summed E-state index contributed by atoms with van der Waals surface area (Å²) >= 11 is 5.64. The van der Waals surface area contributed by atoms with Crippen molar-refractivity contribution in [1.82, 2.24) is 0 Å². The van der Waals surface area contributed by atoms with Crippen LogP contribution in [0.2, 0.25) is 5.02 Å². The number of ether oxygens (including phenoxy) is 1. The number of carbonyl (C=O) groups is 1. The molecule has 110 valence electrons. The highest BCUT2D eigenvalue weighted by atomic mass is 35.5. The summed E-state index contributed by atoms with van der Waals surface area (Å²) in [6.07, 6.45) is 0. The molecule has 0 aliphatic carbocycles. The molecule has 0 aliphatic heterocycles. The second-order valence-corrected chi connectivity index (χ2v) is 4.60. The Morgan fingerprint density at radius 3 is 2.48 bits per heavy atom. The number of benzene rings is 2. The van der Waals surface area contributed by atoms with Crippen LogP contribution in [0.25, 0.3) is 0 Å². The van der Waals surface area contributed by atoms with Crippen molar-refractivity contribution in [3.05, 3.63) is 52.6 Å². The highest BCUT2D eigenvalue weighted by Gasteiger charge is 2.15. The minimum absolute atomic E-state index is 0.0129. The lowest BCUT2D eigenvalue weighted by Gasteiger charge is -2.12. The normalized spacial score (nSPS) is 10.3. The number of nitrogens with one attached hydrogen (secondary N) is 1. The van der Waals surface area contributed by atoms with Gasteiger partial charge in [-0.05, 0) is 30.3 Å². The zero-order valence-electron chi connectivity index (χ0n) is 10.9.